The van der Waals surface area contributed by atoms with Crippen molar-refractivity contribution in [3.63, 3.8) is 0 Å². The first-order valence-corrected chi connectivity index (χ1v) is 9.79. The Morgan fingerprint density at radius 1 is 1.24 bits per heavy atom. The molecule has 0 aromatic heterocycles. The molecule has 1 aliphatic rings. The molecule has 138 valence electrons. The van der Waals surface area contributed by atoms with Gasteiger partial charge in [0.1, 0.15) is 6.04 Å². The topological polar surface area (TPSA) is 104 Å². The molecule has 1 amide bonds. The molecule has 0 saturated heterocycles. The molecule has 25 heavy (non-hydrogen) atoms. The highest BCUT2D eigenvalue weighted by atomic mass is 32.2. The lowest BCUT2D eigenvalue weighted by Gasteiger charge is -2.30. The fourth-order valence-electron chi connectivity index (χ4n) is 2.95. The number of carbonyl (C=O) groups is 2. The minimum Gasteiger partial charge on any atom is -0.480 e. The largest absolute Gasteiger partial charge is 0.480 e. The summed E-state index contributed by atoms with van der Waals surface area (Å²) in [6, 6.07) is 4.61. The molecule has 0 spiro atoms. The molecular weight excluding hydrogens is 344 g/mol. The number of benzene rings is 1. The first-order valence-electron chi connectivity index (χ1n) is 8.35. The average molecular weight is 368 g/mol. The Hall–Kier alpha value is -1.93. The van der Waals surface area contributed by atoms with Gasteiger partial charge in [0.05, 0.1) is 4.90 Å². The van der Waals surface area contributed by atoms with Crippen LogP contribution < -0.4 is 5.32 Å². The lowest BCUT2D eigenvalue weighted by Crippen LogP contribution is -2.39. The highest BCUT2D eigenvalue weighted by Gasteiger charge is 2.29. The number of nitrogens with one attached hydrogen (secondary N) is 1. The Labute approximate surface area is 148 Å². The molecule has 0 unspecified atom stereocenters. The van der Waals surface area contributed by atoms with Crippen molar-refractivity contribution in [1.82, 2.24) is 9.62 Å². The molecule has 1 fully saturated rings. The Morgan fingerprint density at radius 2 is 1.88 bits per heavy atom. The van der Waals surface area contributed by atoms with Crippen LogP contribution in [-0.4, -0.2) is 48.8 Å². The molecular formula is C17H24N2O5S. The van der Waals surface area contributed by atoms with Crippen LogP contribution in [0.4, 0.5) is 0 Å². The third kappa shape index (κ3) is 4.58. The van der Waals surface area contributed by atoms with Crippen LogP contribution in [0.5, 0.6) is 0 Å². The monoisotopic (exact) mass is 368 g/mol. The number of nitrogens with zero attached hydrogens (tertiary/aromatic N) is 1. The van der Waals surface area contributed by atoms with E-state index in [0.29, 0.717) is 0 Å². The van der Waals surface area contributed by atoms with Gasteiger partial charge < -0.3 is 10.4 Å². The van der Waals surface area contributed by atoms with Crippen molar-refractivity contribution < 1.29 is 23.1 Å². The number of carbonyl (C=O) groups excluding carboxylic acids is 1. The maximum atomic E-state index is 12.8. The number of sulfonamides is 1. The van der Waals surface area contributed by atoms with E-state index in [-0.39, 0.29) is 16.5 Å². The van der Waals surface area contributed by atoms with Gasteiger partial charge >= 0.3 is 5.97 Å². The second-order valence-corrected chi connectivity index (χ2v) is 8.37. The summed E-state index contributed by atoms with van der Waals surface area (Å²) in [6.07, 6.45) is 4.83. The molecule has 1 aromatic rings. The smallest absolute Gasteiger partial charge is 0.325 e. The predicted molar refractivity (Wildman–Crippen MR) is 92.8 cm³/mol. The van der Waals surface area contributed by atoms with E-state index >= 15 is 0 Å². The van der Waals surface area contributed by atoms with Crippen molar-refractivity contribution in [2.24, 2.45) is 0 Å². The van der Waals surface area contributed by atoms with Crippen molar-refractivity contribution in [2.75, 3.05) is 7.05 Å². The lowest BCUT2D eigenvalue weighted by molar-refractivity contribution is -0.138. The van der Waals surface area contributed by atoms with Gasteiger partial charge in [0, 0.05) is 18.7 Å². The number of hydrogen-bond acceptors (Lipinski definition) is 4. The van der Waals surface area contributed by atoms with Crippen molar-refractivity contribution in [1.29, 1.82) is 0 Å². The van der Waals surface area contributed by atoms with E-state index in [9.17, 15) is 18.0 Å². The number of hydrogen-bond donors (Lipinski definition) is 2. The molecule has 2 rings (SSSR count). The molecule has 1 aromatic carbocycles. The molecule has 7 nitrogen and oxygen atoms in total. The van der Waals surface area contributed by atoms with Crippen LogP contribution in [0.25, 0.3) is 0 Å². The van der Waals surface area contributed by atoms with Crippen molar-refractivity contribution in [2.45, 2.75) is 56.0 Å². The van der Waals surface area contributed by atoms with Gasteiger partial charge in [0.15, 0.2) is 0 Å². The fourth-order valence-corrected chi connectivity index (χ4v) is 4.41. The van der Waals surface area contributed by atoms with E-state index in [1.54, 1.807) is 7.05 Å². The van der Waals surface area contributed by atoms with Gasteiger partial charge in [-0.05, 0) is 38.0 Å². The molecule has 0 aliphatic heterocycles. The summed E-state index contributed by atoms with van der Waals surface area (Å²) in [4.78, 5) is 23.0. The maximum Gasteiger partial charge on any atom is 0.325 e. The molecule has 1 saturated carbocycles. The van der Waals surface area contributed by atoms with Gasteiger partial charge in [0.25, 0.3) is 5.91 Å². The quantitative estimate of drug-likeness (QED) is 0.797. The Balaban J connectivity index is 2.21. The number of carboxylic acids is 1. The zero-order chi connectivity index (χ0) is 18.6. The zero-order valence-corrected chi connectivity index (χ0v) is 15.3. The summed E-state index contributed by atoms with van der Waals surface area (Å²) in [5.41, 5.74) is 0.117. The summed E-state index contributed by atoms with van der Waals surface area (Å²) >= 11 is 0. The van der Waals surface area contributed by atoms with E-state index in [4.69, 9.17) is 5.11 Å². The second kappa shape index (κ2) is 7.97. The number of amides is 1. The number of carboxylic acid groups (broad SMARTS) is 1. The van der Waals surface area contributed by atoms with Crippen molar-refractivity contribution >= 4 is 21.9 Å². The highest BCUT2D eigenvalue weighted by Crippen LogP contribution is 2.26. The van der Waals surface area contributed by atoms with Crippen LogP contribution in [0.1, 0.15) is 49.4 Å². The van der Waals surface area contributed by atoms with Gasteiger partial charge in [-0.3, -0.25) is 9.59 Å². The summed E-state index contributed by atoms with van der Waals surface area (Å²) in [6.45, 7) is 1.34. The lowest BCUT2D eigenvalue weighted by atomic mass is 9.96. The predicted octanol–water partition coefficient (Wildman–Crippen LogP) is 1.84. The van der Waals surface area contributed by atoms with Crippen LogP contribution in [0, 0.1) is 0 Å². The van der Waals surface area contributed by atoms with E-state index in [1.807, 2.05) is 0 Å². The fraction of sp³-hybridized carbons (Fsp3) is 0.529. The molecule has 2 N–H and O–H groups in total. The van der Waals surface area contributed by atoms with Crippen LogP contribution in [-0.2, 0) is 14.8 Å². The Kier molecular flexibility index (Phi) is 6.18. The van der Waals surface area contributed by atoms with E-state index in [2.05, 4.69) is 5.32 Å². The summed E-state index contributed by atoms with van der Waals surface area (Å²) < 4.78 is 27.1. The first kappa shape index (κ1) is 19.4. The Morgan fingerprint density at radius 3 is 2.48 bits per heavy atom. The highest BCUT2D eigenvalue weighted by molar-refractivity contribution is 7.89. The third-order valence-electron chi connectivity index (χ3n) is 4.58. The van der Waals surface area contributed by atoms with Gasteiger partial charge in [-0.25, -0.2) is 8.42 Å². The summed E-state index contributed by atoms with van der Waals surface area (Å²) in [5.74, 6) is -1.78. The van der Waals surface area contributed by atoms with Crippen LogP contribution in [0.15, 0.2) is 29.2 Å². The SMILES string of the molecule is C[C@@H](NC(=O)c1cccc(S(=O)(=O)N(C)C2CCCCC2)c1)C(=O)O. The minimum atomic E-state index is -3.70. The average Bonchev–Trinajstić information content (AvgIpc) is 2.61. The maximum absolute atomic E-state index is 12.8. The molecule has 8 heteroatoms. The van der Waals surface area contributed by atoms with E-state index < -0.39 is 27.9 Å². The molecule has 1 aliphatic carbocycles. The molecule has 0 bridgehead atoms. The van der Waals surface area contributed by atoms with E-state index in [1.165, 1.54) is 35.5 Å². The number of rotatable bonds is 6. The first-order chi connectivity index (χ1) is 11.7. The number of aliphatic carboxylic acids is 1. The van der Waals surface area contributed by atoms with Crippen LogP contribution in [0.2, 0.25) is 0 Å². The van der Waals surface area contributed by atoms with Crippen LogP contribution >= 0.6 is 0 Å². The van der Waals surface area contributed by atoms with Gasteiger partial charge in [0.2, 0.25) is 10.0 Å². The molecule has 0 heterocycles. The summed E-state index contributed by atoms with van der Waals surface area (Å²) in [5, 5.41) is 11.2. The third-order valence-corrected chi connectivity index (χ3v) is 6.49. The normalized spacial score (nSPS) is 17.2. The van der Waals surface area contributed by atoms with Crippen molar-refractivity contribution in [3.8, 4) is 0 Å². The zero-order valence-electron chi connectivity index (χ0n) is 14.4. The van der Waals surface area contributed by atoms with Gasteiger partial charge in [-0.1, -0.05) is 25.3 Å². The van der Waals surface area contributed by atoms with Gasteiger partial charge in [-0.15, -0.1) is 0 Å². The van der Waals surface area contributed by atoms with Crippen molar-refractivity contribution in [3.05, 3.63) is 29.8 Å². The minimum absolute atomic E-state index is 0.0248. The van der Waals surface area contributed by atoms with Gasteiger partial charge in [-0.2, -0.15) is 4.31 Å². The second-order valence-electron chi connectivity index (χ2n) is 6.37. The van der Waals surface area contributed by atoms with E-state index in [0.717, 1.165) is 32.1 Å². The Bertz CT molecular complexity index is 741. The van der Waals surface area contributed by atoms with Crippen LogP contribution in [0.3, 0.4) is 0 Å². The standard InChI is InChI=1S/C17H24N2O5S/c1-12(17(21)22)18-16(20)13-7-6-10-15(11-13)25(23,24)19(2)14-8-4-3-5-9-14/h6-7,10-12,14H,3-5,8-9H2,1-2H3,(H,18,20)(H,21,22)/t12-/m1/s1. The molecule has 1 atom stereocenters. The molecule has 0 radical (unpaired) electrons. The summed E-state index contributed by atoms with van der Waals surface area (Å²) in [7, 11) is -2.13.